The lowest BCUT2D eigenvalue weighted by molar-refractivity contribution is 0.952. The van der Waals surface area contributed by atoms with Crippen molar-refractivity contribution in [1.29, 1.82) is 0 Å². The molecule has 0 amide bonds. The first kappa shape index (κ1) is 6.47. The van der Waals surface area contributed by atoms with Crippen molar-refractivity contribution in [3.05, 3.63) is 24.3 Å². The van der Waals surface area contributed by atoms with E-state index in [1.807, 2.05) is 24.3 Å². The molecule has 2 heterocycles. The molecule has 0 atom stereocenters. The first-order valence-electron chi connectivity index (χ1n) is 3.87. The lowest BCUT2D eigenvalue weighted by Gasteiger charge is -1.92. The van der Waals surface area contributed by atoms with Crippen molar-refractivity contribution >= 4 is 22.3 Å². The van der Waals surface area contributed by atoms with Gasteiger partial charge in [0.1, 0.15) is 0 Å². The molecular weight excluding hydrogens is 166 g/mol. The quantitative estimate of drug-likeness (QED) is 0.545. The van der Waals surface area contributed by atoms with E-state index in [9.17, 15) is 0 Å². The van der Waals surface area contributed by atoms with Crippen LogP contribution in [0.25, 0.3) is 22.3 Å². The van der Waals surface area contributed by atoms with E-state index in [2.05, 4.69) is 25.4 Å². The van der Waals surface area contributed by atoms with Crippen LogP contribution in [0.4, 0.5) is 0 Å². The number of para-hydroxylation sites is 2. The monoisotopic (exact) mass is 171 g/mol. The van der Waals surface area contributed by atoms with Crippen LogP contribution in [0.3, 0.4) is 0 Å². The predicted octanol–water partition coefficient (Wildman–Crippen LogP) is 0.901. The minimum absolute atomic E-state index is 0.554. The zero-order valence-corrected chi connectivity index (χ0v) is 6.60. The average molecular weight is 171 g/mol. The van der Waals surface area contributed by atoms with Gasteiger partial charge in [0, 0.05) is 0 Å². The molecule has 0 fully saturated rings. The van der Waals surface area contributed by atoms with Gasteiger partial charge in [-0.15, -0.1) is 10.2 Å². The molecule has 3 rings (SSSR count). The Morgan fingerprint density at radius 3 is 1.92 bits per heavy atom. The normalized spacial score (nSPS) is 11.1. The molecule has 2 aromatic heterocycles. The Hall–Kier alpha value is -2.04. The highest BCUT2D eigenvalue weighted by molar-refractivity contribution is 5.81. The molecule has 0 saturated heterocycles. The number of benzene rings is 1. The summed E-state index contributed by atoms with van der Waals surface area (Å²) in [4.78, 5) is 8.54. The molecule has 0 bridgehead atoms. The van der Waals surface area contributed by atoms with Crippen molar-refractivity contribution < 1.29 is 0 Å². The van der Waals surface area contributed by atoms with Crippen LogP contribution >= 0.6 is 0 Å². The van der Waals surface area contributed by atoms with Crippen LogP contribution in [0.15, 0.2) is 24.3 Å². The minimum Gasteiger partial charge on any atom is -0.222 e. The number of hydrogen-bond acceptors (Lipinski definition) is 4. The second-order valence-electron chi connectivity index (χ2n) is 2.68. The van der Waals surface area contributed by atoms with Gasteiger partial charge in [-0.25, -0.2) is 9.97 Å². The summed E-state index contributed by atoms with van der Waals surface area (Å²) in [7, 11) is 0. The maximum atomic E-state index is 4.27. The van der Waals surface area contributed by atoms with E-state index in [1.165, 1.54) is 0 Å². The Kier molecular flexibility index (Phi) is 1.11. The van der Waals surface area contributed by atoms with Crippen LogP contribution in [0.1, 0.15) is 0 Å². The molecule has 3 aromatic rings. The smallest absolute Gasteiger partial charge is 0.221 e. The van der Waals surface area contributed by atoms with Crippen LogP contribution < -0.4 is 0 Å². The van der Waals surface area contributed by atoms with Crippen molar-refractivity contribution in [2.75, 3.05) is 0 Å². The van der Waals surface area contributed by atoms with Gasteiger partial charge in [-0.1, -0.05) is 12.1 Å². The maximum Gasteiger partial charge on any atom is 0.221 e. The number of hydrogen-bond donors (Lipinski definition) is 1. The Morgan fingerprint density at radius 2 is 1.38 bits per heavy atom. The third-order valence-electron chi connectivity index (χ3n) is 1.85. The molecule has 0 radical (unpaired) electrons. The number of fused-ring (bicyclic) bond motifs is 2. The fourth-order valence-corrected chi connectivity index (χ4v) is 1.25. The predicted molar refractivity (Wildman–Crippen MR) is 47.0 cm³/mol. The summed E-state index contributed by atoms with van der Waals surface area (Å²) in [6.45, 7) is 0. The molecule has 5 nitrogen and oxygen atoms in total. The molecule has 0 aliphatic carbocycles. The third-order valence-corrected chi connectivity index (χ3v) is 1.85. The number of rotatable bonds is 0. The summed E-state index contributed by atoms with van der Waals surface area (Å²) >= 11 is 0. The van der Waals surface area contributed by atoms with Crippen LogP contribution in [0, 0.1) is 0 Å². The SMILES string of the molecule is c1ccc2nc3n[nH]nc3nc2c1. The van der Waals surface area contributed by atoms with Crippen molar-refractivity contribution in [3.8, 4) is 0 Å². The molecule has 1 aromatic carbocycles. The lowest BCUT2D eigenvalue weighted by atomic mass is 10.3. The van der Waals surface area contributed by atoms with Crippen molar-refractivity contribution in [2.45, 2.75) is 0 Å². The van der Waals surface area contributed by atoms with Gasteiger partial charge in [0.05, 0.1) is 11.0 Å². The summed E-state index contributed by atoms with van der Waals surface area (Å²) in [6, 6.07) is 7.64. The van der Waals surface area contributed by atoms with Gasteiger partial charge in [0.25, 0.3) is 0 Å². The lowest BCUT2D eigenvalue weighted by Crippen LogP contribution is -1.85. The van der Waals surface area contributed by atoms with E-state index in [4.69, 9.17) is 0 Å². The number of aromatic nitrogens is 5. The van der Waals surface area contributed by atoms with Crippen molar-refractivity contribution in [3.63, 3.8) is 0 Å². The Balaban J connectivity index is 2.57. The highest BCUT2D eigenvalue weighted by atomic mass is 15.4. The molecule has 13 heavy (non-hydrogen) atoms. The van der Waals surface area contributed by atoms with Crippen LogP contribution in [0.2, 0.25) is 0 Å². The highest BCUT2D eigenvalue weighted by Crippen LogP contribution is 2.11. The Bertz CT molecular complexity index is 521. The van der Waals surface area contributed by atoms with Crippen LogP contribution in [-0.2, 0) is 0 Å². The fourth-order valence-electron chi connectivity index (χ4n) is 1.25. The van der Waals surface area contributed by atoms with E-state index in [-0.39, 0.29) is 0 Å². The molecule has 0 aliphatic rings. The van der Waals surface area contributed by atoms with Crippen LogP contribution in [0.5, 0.6) is 0 Å². The summed E-state index contributed by atoms with van der Waals surface area (Å²) in [5, 5.41) is 10.2. The van der Waals surface area contributed by atoms with Crippen molar-refractivity contribution in [2.24, 2.45) is 0 Å². The van der Waals surface area contributed by atoms with E-state index >= 15 is 0 Å². The largest absolute Gasteiger partial charge is 0.222 e. The van der Waals surface area contributed by atoms with Gasteiger partial charge in [-0.05, 0) is 12.1 Å². The zero-order chi connectivity index (χ0) is 8.67. The third kappa shape index (κ3) is 0.868. The second kappa shape index (κ2) is 2.22. The summed E-state index contributed by atoms with van der Waals surface area (Å²) in [5.74, 6) is 0. The van der Waals surface area contributed by atoms with E-state index in [0.717, 1.165) is 11.0 Å². The zero-order valence-electron chi connectivity index (χ0n) is 6.60. The summed E-state index contributed by atoms with van der Waals surface area (Å²) in [5.41, 5.74) is 2.78. The first-order chi connectivity index (χ1) is 6.43. The van der Waals surface area contributed by atoms with Crippen LogP contribution in [-0.4, -0.2) is 25.4 Å². The number of nitrogens with one attached hydrogen (secondary N) is 1. The van der Waals surface area contributed by atoms with Gasteiger partial charge < -0.3 is 0 Å². The number of aromatic amines is 1. The highest BCUT2D eigenvalue weighted by Gasteiger charge is 2.02. The summed E-state index contributed by atoms with van der Waals surface area (Å²) in [6.07, 6.45) is 0. The Labute approximate surface area is 72.8 Å². The van der Waals surface area contributed by atoms with Gasteiger partial charge in [-0.2, -0.15) is 5.21 Å². The Morgan fingerprint density at radius 1 is 0.846 bits per heavy atom. The maximum absolute atomic E-state index is 4.27. The number of H-pyrrole nitrogens is 1. The fraction of sp³-hybridized carbons (Fsp3) is 0. The topological polar surface area (TPSA) is 67.3 Å². The van der Waals surface area contributed by atoms with Crippen molar-refractivity contribution in [1.82, 2.24) is 25.4 Å². The minimum atomic E-state index is 0.554. The standard InChI is InChI=1S/C8H5N5/c1-2-4-6-5(3-1)9-7-8(10-6)12-13-11-7/h1-4H,(H,9,10,11,12,13). The van der Waals surface area contributed by atoms with E-state index < -0.39 is 0 Å². The van der Waals surface area contributed by atoms with Gasteiger partial charge in [-0.3, -0.25) is 0 Å². The summed E-state index contributed by atoms with van der Waals surface area (Å²) < 4.78 is 0. The molecular formula is C8H5N5. The second-order valence-corrected chi connectivity index (χ2v) is 2.68. The molecule has 0 saturated carbocycles. The molecule has 1 N–H and O–H groups in total. The van der Waals surface area contributed by atoms with E-state index in [0.29, 0.717) is 11.3 Å². The van der Waals surface area contributed by atoms with Gasteiger partial charge in [0.15, 0.2) is 0 Å². The van der Waals surface area contributed by atoms with E-state index in [1.54, 1.807) is 0 Å². The molecule has 0 unspecified atom stereocenters. The molecule has 0 spiro atoms. The van der Waals surface area contributed by atoms with Gasteiger partial charge in [0.2, 0.25) is 11.3 Å². The average Bonchev–Trinajstić information content (AvgIpc) is 2.61. The molecule has 5 heteroatoms. The first-order valence-corrected chi connectivity index (χ1v) is 3.87. The van der Waals surface area contributed by atoms with Gasteiger partial charge >= 0.3 is 0 Å². The molecule has 62 valence electrons. The number of nitrogens with zero attached hydrogens (tertiary/aromatic N) is 4. The molecule has 0 aliphatic heterocycles.